The molecule has 0 N–H and O–H groups in total. The number of piperazine rings is 1. The Morgan fingerprint density at radius 2 is 1.95 bits per heavy atom. The number of allylic oxidation sites excluding steroid dienone is 2. The fraction of sp³-hybridized carbons (Fsp3) is 0.667. The number of aromatic nitrogens is 1. The number of rotatable bonds is 7. The lowest BCUT2D eigenvalue weighted by Crippen LogP contribution is -2.62. The summed E-state index contributed by atoms with van der Waals surface area (Å²) in [6.07, 6.45) is 12.1. The Kier molecular flexibility index (Phi) is 7.75. The highest BCUT2D eigenvalue weighted by atomic mass is 16.5. The van der Waals surface area contributed by atoms with Gasteiger partial charge in [0.1, 0.15) is 11.7 Å². The third-order valence-corrected chi connectivity index (χ3v) is 9.06. The zero-order chi connectivity index (χ0) is 26.2. The Balaban J connectivity index is 1.44. The van der Waals surface area contributed by atoms with Crippen molar-refractivity contribution in [2.24, 2.45) is 4.99 Å². The molecule has 202 valence electrons. The van der Waals surface area contributed by atoms with E-state index in [4.69, 9.17) is 14.7 Å². The molecule has 0 bridgehead atoms. The number of likely N-dealkylation sites (N-methyl/N-ethyl adjacent to an activating group) is 1. The molecule has 37 heavy (non-hydrogen) atoms. The fourth-order valence-corrected chi connectivity index (χ4v) is 6.91. The molecule has 0 aromatic carbocycles. The average molecular weight is 507 g/mol. The van der Waals surface area contributed by atoms with Crippen molar-refractivity contribution in [2.45, 2.75) is 83.6 Å². The summed E-state index contributed by atoms with van der Waals surface area (Å²) in [5, 5.41) is 0. The molecule has 7 heteroatoms. The standard InChI is InChI=1S/C30H46N6O/c1-7-37-21-30(5)29(25-13-8-12-24(33(25)6)28-23(4)11-10-16-31-28)32-26-14-9-15-27(36(26)30)35-19-17-34(18-20-35)22(2)3/h9-11,14-16,22,24-25,29H,7-8,12-13,17-21H2,1-6H3/t24-,25+,29?,30?/m0/s1. The Morgan fingerprint density at radius 1 is 1.16 bits per heavy atom. The number of pyridine rings is 1. The predicted molar refractivity (Wildman–Crippen MR) is 151 cm³/mol. The molecule has 4 aliphatic rings. The van der Waals surface area contributed by atoms with Crippen LogP contribution in [0.3, 0.4) is 0 Å². The Labute approximate surface area is 223 Å². The Bertz CT molecular complexity index is 1040. The van der Waals surface area contributed by atoms with E-state index in [0.717, 1.165) is 44.9 Å². The van der Waals surface area contributed by atoms with Crippen molar-refractivity contribution in [3.05, 3.63) is 53.6 Å². The van der Waals surface area contributed by atoms with Gasteiger partial charge in [-0.3, -0.25) is 19.8 Å². The van der Waals surface area contributed by atoms with E-state index in [1.165, 1.54) is 23.5 Å². The van der Waals surface area contributed by atoms with Gasteiger partial charge < -0.3 is 14.5 Å². The van der Waals surface area contributed by atoms with Crippen molar-refractivity contribution < 1.29 is 4.74 Å². The van der Waals surface area contributed by atoms with Crippen LogP contribution in [0.1, 0.15) is 64.3 Å². The molecule has 4 aliphatic heterocycles. The molecule has 2 unspecified atom stereocenters. The molecule has 1 aromatic heterocycles. The van der Waals surface area contributed by atoms with Crippen LogP contribution in [0.2, 0.25) is 0 Å². The van der Waals surface area contributed by atoms with Crippen LogP contribution in [-0.2, 0) is 4.74 Å². The van der Waals surface area contributed by atoms with Gasteiger partial charge in [-0.25, -0.2) is 0 Å². The highest BCUT2D eigenvalue weighted by Crippen LogP contribution is 2.44. The SMILES string of the molecule is CCOCC1(C)C([C@H]2CCC[C@@H](c3ncccc3C)N2C)N=C2C=CC=C(N3CCN(C(C)C)CC3)N21. The first-order chi connectivity index (χ1) is 17.8. The van der Waals surface area contributed by atoms with Gasteiger partial charge in [-0.05, 0) is 84.7 Å². The molecule has 0 radical (unpaired) electrons. The van der Waals surface area contributed by atoms with Crippen LogP contribution in [0, 0.1) is 6.92 Å². The summed E-state index contributed by atoms with van der Waals surface area (Å²) in [4.78, 5) is 20.5. The second-order valence-corrected chi connectivity index (χ2v) is 11.6. The van der Waals surface area contributed by atoms with Crippen LogP contribution in [0.15, 0.2) is 47.4 Å². The van der Waals surface area contributed by atoms with Crippen molar-refractivity contribution in [3.63, 3.8) is 0 Å². The summed E-state index contributed by atoms with van der Waals surface area (Å²) in [5.41, 5.74) is 2.24. The molecule has 5 heterocycles. The first-order valence-corrected chi connectivity index (χ1v) is 14.3. The van der Waals surface area contributed by atoms with E-state index in [1.54, 1.807) is 0 Å². The maximum Gasteiger partial charge on any atom is 0.130 e. The summed E-state index contributed by atoms with van der Waals surface area (Å²) < 4.78 is 6.22. The van der Waals surface area contributed by atoms with E-state index in [-0.39, 0.29) is 11.6 Å². The van der Waals surface area contributed by atoms with Crippen molar-refractivity contribution in [1.29, 1.82) is 0 Å². The number of nitrogens with zero attached hydrogens (tertiary/aromatic N) is 6. The number of aryl methyl sites for hydroxylation is 1. The van der Waals surface area contributed by atoms with E-state index < -0.39 is 0 Å². The third kappa shape index (κ3) is 4.86. The second kappa shape index (κ2) is 10.9. The van der Waals surface area contributed by atoms with Crippen molar-refractivity contribution in [1.82, 2.24) is 24.6 Å². The van der Waals surface area contributed by atoms with Crippen molar-refractivity contribution in [2.75, 3.05) is 46.4 Å². The minimum absolute atomic E-state index is 0.119. The summed E-state index contributed by atoms with van der Waals surface area (Å²) in [5.74, 6) is 2.37. The first-order valence-electron chi connectivity index (χ1n) is 14.3. The summed E-state index contributed by atoms with van der Waals surface area (Å²) in [6, 6.07) is 5.60. The molecule has 0 spiro atoms. The summed E-state index contributed by atoms with van der Waals surface area (Å²) in [7, 11) is 2.29. The minimum Gasteiger partial charge on any atom is -0.379 e. The number of hydrogen-bond acceptors (Lipinski definition) is 7. The zero-order valence-electron chi connectivity index (χ0n) is 23.7. The number of piperidine rings is 1. The lowest BCUT2D eigenvalue weighted by atomic mass is 9.80. The van der Waals surface area contributed by atoms with Gasteiger partial charge in [-0.2, -0.15) is 0 Å². The maximum atomic E-state index is 6.22. The third-order valence-electron chi connectivity index (χ3n) is 9.06. The molecule has 0 saturated carbocycles. The van der Waals surface area contributed by atoms with E-state index >= 15 is 0 Å². The van der Waals surface area contributed by atoms with Crippen molar-refractivity contribution in [3.8, 4) is 0 Å². The largest absolute Gasteiger partial charge is 0.379 e. The van der Waals surface area contributed by atoms with Gasteiger partial charge in [0.05, 0.1) is 29.9 Å². The van der Waals surface area contributed by atoms with Crippen LogP contribution in [0.5, 0.6) is 0 Å². The predicted octanol–water partition coefficient (Wildman–Crippen LogP) is 4.23. The van der Waals surface area contributed by atoms with Crippen molar-refractivity contribution >= 4 is 5.84 Å². The highest BCUT2D eigenvalue weighted by molar-refractivity contribution is 5.98. The Hall–Kier alpha value is -2.22. The van der Waals surface area contributed by atoms with Gasteiger partial charge in [-0.15, -0.1) is 0 Å². The van der Waals surface area contributed by atoms with E-state index in [2.05, 4.69) is 85.6 Å². The number of hydrogen-bond donors (Lipinski definition) is 0. The van der Waals surface area contributed by atoms with Gasteiger partial charge in [0.15, 0.2) is 0 Å². The number of ether oxygens (including phenoxy) is 1. The fourth-order valence-electron chi connectivity index (χ4n) is 6.91. The van der Waals surface area contributed by atoms with Gasteiger partial charge in [-0.1, -0.05) is 12.1 Å². The molecular formula is C30H46N6O. The molecule has 7 nitrogen and oxygen atoms in total. The average Bonchev–Trinajstić information content (AvgIpc) is 3.20. The van der Waals surface area contributed by atoms with Crippen LogP contribution in [0.4, 0.5) is 0 Å². The first kappa shape index (κ1) is 26.4. The van der Waals surface area contributed by atoms with Crippen LogP contribution < -0.4 is 0 Å². The normalized spacial score (nSPS) is 31.1. The molecule has 2 fully saturated rings. The van der Waals surface area contributed by atoms with E-state index in [9.17, 15) is 0 Å². The minimum atomic E-state index is -0.253. The van der Waals surface area contributed by atoms with Crippen LogP contribution >= 0.6 is 0 Å². The summed E-state index contributed by atoms with van der Waals surface area (Å²) >= 11 is 0. The molecule has 4 atom stereocenters. The number of fused-ring (bicyclic) bond motifs is 1. The number of likely N-dealkylation sites (tertiary alicyclic amines) is 1. The van der Waals surface area contributed by atoms with Gasteiger partial charge in [0.25, 0.3) is 0 Å². The van der Waals surface area contributed by atoms with E-state index in [1.807, 2.05) is 12.3 Å². The molecule has 5 rings (SSSR count). The maximum absolute atomic E-state index is 6.22. The lowest BCUT2D eigenvalue weighted by Gasteiger charge is -2.50. The van der Waals surface area contributed by atoms with E-state index in [0.29, 0.717) is 31.3 Å². The molecular weight excluding hydrogens is 460 g/mol. The smallest absolute Gasteiger partial charge is 0.130 e. The quantitative estimate of drug-likeness (QED) is 0.552. The number of aliphatic imine (C=N–C) groups is 1. The van der Waals surface area contributed by atoms with Crippen LogP contribution in [-0.4, -0.2) is 101 Å². The van der Waals surface area contributed by atoms with Crippen LogP contribution in [0.25, 0.3) is 0 Å². The monoisotopic (exact) mass is 506 g/mol. The van der Waals surface area contributed by atoms with Gasteiger partial charge in [0, 0.05) is 51.1 Å². The van der Waals surface area contributed by atoms with Gasteiger partial charge in [0.2, 0.25) is 0 Å². The van der Waals surface area contributed by atoms with Gasteiger partial charge >= 0.3 is 0 Å². The molecule has 1 aromatic rings. The molecule has 2 saturated heterocycles. The zero-order valence-corrected chi connectivity index (χ0v) is 23.7. The lowest BCUT2D eigenvalue weighted by molar-refractivity contribution is -0.00335. The second-order valence-electron chi connectivity index (χ2n) is 11.6. The number of amidine groups is 1. The topological polar surface area (TPSA) is 47.4 Å². The Morgan fingerprint density at radius 3 is 2.65 bits per heavy atom. The highest BCUT2D eigenvalue weighted by Gasteiger charge is 2.54. The summed E-state index contributed by atoms with van der Waals surface area (Å²) in [6.45, 7) is 16.9. The molecule has 0 aliphatic carbocycles. The molecule has 0 amide bonds.